The van der Waals surface area contributed by atoms with Gasteiger partial charge in [-0.3, -0.25) is 34.2 Å². The summed E-state index contributed by atoms with van der Waals surface area (Å²) in [7, 11) is 8.46. The third-order valence-electron chi connectivity index (χ3n) is 26.0. The third kappa shape index (κ3) is 15.5. The number of imidazole rings is 2. The SMILES string of the molecule is CN1C2CCC1c1c(-c3ccc(-c4cnc([C@@H]5CCCN5)[nH]4)s3)ccc(-c3ccc4c(c3)CC([C@@H]3CCCN3)=N4)c12.COC(=O)C[C@H](C(=O)N1CCC[C@H]1c1ncc(-c2ccc(-c3ccc(-c4ccc5c(c4)CC(C4CCCN4C(=O)[C@@H](NC(=O)OC)C(C)C)=N5)c4c3C3CCC4N3C)s2)[nH]1)C(C)C.COC(=O)N[C@H](C(=O)O)C(C)C. The number of aromatic amines is 2. The summed E-state index contributed by atoms with van der Waals surface area (Å²) >= 11 is 3.65. The fourth-order valence-corrected chi connectivity index (χ4v) is 21.9. The molecule has 18 rings (SSSR count). The molecule has 0 radical (unpaired) electrons. The number of ether oxygens (including phenoxy) is 3. The molecule has 26 heteroatoms. The van der Waals surface area contributed by atoms with Crippen LogP contribution in [0.5, 0.6) is 0 Å². The Morgan fingerprint density at radius 1 is 0.491 bits per heavy atom. The molecule has 7 N–H and O–H groups in total. The van der Waals surface area contributed by atoms with E-state index in [1.54, 1.807) is 36.3 Å². The summed E-state index contributed by atoms with van der Waals surface area (Å²) in [6.45, 7) is 14.7. The van der Waals surface area contributed by atoms with Gasteiger partial charge in [-0.2, -0.15) is 0 Å². The van der Waals surface area contributed by atoms with E-state index in [1.807, 2.05) is 61.2 Å². The van der Waals surface area contributed by atoms with Crippen LogP contribution in [0.25, 0.3) is 64.3 Å². The molecule has 4 bridgehead atoms. The minimum atomic E-state index is -1.06. The molecule has 10 aliphatic rings. The van der Waals surface area contributed by atoms with Crippen molar-refractivity contribution in [1.29, 1.82) is 0 Å². The zero-order valence-electron chi connectivity index (χ0n) is 68.3. The first-order valence-electron chi connectivity index (χ1n) is 41.6. The second kappa shape index (κ2) is 33.7. The number of H-pyrrole nitrogens is 2. The highest BCUT2D eigenvalue weighted by molar-refractivity contribution is 7.19. The fraction of sp³-hybridized carbons (Fsp3) is 0.489. The standard InChI is InChI=1S/C49H59N7O6S.C34H36N6S.C7H13NO4/c1-26(2)32(24-42(57)61-6)47(58)56-21-9-11-39(56)46-50-25-35(52-46)41-19-18-40(63-41)31-14-13-30(43-37-16-17-38(44(31)43)54(37)5)28-12-15-33-29(22-28)23-34(51-33)36-10-8-20-55(36)48(59)45(27(3)4)53-49(60)62-7;1-40-28-10-11-29(40)33-22(30-12-13-31(41-30)27-18-37-34(39-27)25-5-3-15-36-25)8-7-21(32(28)33)19-6-9-23-20(16-19)17-26(38-23)24-4-2-14-35-24;1-4(2)5(6(9)10)8-7(11)12-3/h12-15,18-19,22,25-27,32,36-39,45H,8-11,16-17,20-21,23-24H2,1-7H3,(H,50,52)(H,53,60);6-9,12-13,16,18,24-25,28-29,35-36H,2-5,10-11,14-15,17H2,1H3,(H,37,39);4-5H,1-3H3,(H,8,11)(H,9,10)/t32-,36?,37?,38?,39-,45-;24-,25-,28?,29?;5-/m000/s1. The van der Waals surface area contributed by atoms with E-state index >= 15 is 0 Å². The van der Waals surface area contributed by atoms with Crippen molar-refractivity contribution in [1.82, 2.24) is 60.8 Å². The highest BCUT2D eigenvalue weighted by Crippen LogP contribution is 2.60. The summed E-state index contributed by atoms with van der Waals surface area (Å²) < 4.78 is 14.0. The molecule has 4 aromatic heterocycles. The molecule has 11 atom stereocenters. The zero-order valence-corrected chi connectivity index (χ0v) is 69.9. The Hall–Kier alpha value is -9.70. The minimum Gasteiger partial charge on any atom is -0.480 e. The first-order chi connectivity index (χ1) is 56.1. The number of carboxylic acid groups (broad SMARTS) is 1. The summed E-state index contributed by atoms with van der Waals surface area (Å²) in [5, 5.41) is 20.8. The number of amides is 4. The molecule has 24 nitrogen and oxygen atoms in total. The molecule has 6 saturated heterocycles. The molecule has 0 saturated carbocycles. The predicted molar refractivity (Wildman–Crippen MR) is 452 cm³/mol. The van der Waals surface area contributed by atoms with Crippen molar-refractivity contribution in [2.24, 2.45) is 33.7 Å². The summed E-state index contributed by atoms with van der Waals surface area (Å²) in [6, 6.07) is 32.8. The van der Waals surface area contributed by atoms with E-state index in [0.29, 0.717) is 55.8 Å². The molecular formula is C90H108N14O10S2. The second-order valence-corrected chi connectivity index (χ2v) is 36.0. The van der Waals surface area contributed by atoms with Crippen LogP contribution in [-0.2, 0) is 46.2 Å². The smallest absolute Gasteiger partial charge is 0.407 e. The summed E-state index contributed by atoms with van der Waals surface area (Å²) in [6.07, 6.45) is 17.4. The number of carbonyl (C=O) groups is 6. The van der Waals surface area contributed by atoms with Gasteiger partial charge in [0, 0.05) is 77.3 Å². The molecule has 610 valence electrons. The van der Waals surface area contributed by atoms with Crippen molar-refractivity contribution in [3.8, 4) is 64.3 Å². The number of aromatic nitrogens is 4. The lowest BCUT2D eigenvalue weighted by molar-refractivity contribution is -0.148. The number of likely N-dealkylation sites (tertiary alicyclic amines) is 2. The van der Waals surface area contributed by atoms with Crippen LogP contribution in [-0.4, -0.2) is 178 Å². The van der Waals surface area contributed by atoms with Gasteiger partial charge >= 0.3 is 24.1 Å². The first-order valence-corrected chi connectivity index (χ1v) is 43.3. The Morgan fingerprint density at radius 2 is 0.948 bits per heavy atom. The Morgan fingerprint density at radius 3 is 1.44 bits per heavy atom. The van der Waals surface area contributed by atoms with Crippen LogP contribution in [0, 0.1) is 23.7 Å². The van der Waals surface area contributed by atoms with Crippen LogP contribution in [0.2, 0.25) is 0 Å². The Bertz CT molecular complexity index is 5140. The van der Waals surface area contributed by atoms with E-state index in [2.05, 4.69) is 145 Å². The molecule has 10 aliphatic heterocycles. The monoisotopic (exact) mass is 1610 g/mol. The lowest BCUT2D eigenvalue weighted by atomic mass is 9.82. The number of aliphatic carboxylic acids is 1. The van der Waals surface area contributed by atoms with Crippen LogP contribution in [0.15, 0.2) is 107 Å². The van der Waals surface area contributed by atoms with Gasteiger partial charge in [0.05, 0.1) is 96.7 Å². The van der Waals surface area contributed by atoms with Gasteiger partial charge in [0.15, 0.2) is 0 Å². The van der Waals surface area contributed by atoms with Crippen LogP contribution >= 0.6 is 22.7 Å². The Kier molecular flexibility index (Phi) is 23.3. The van der Waals surface area contributed by atoms with Crippen LogP contribution < -0.4 is 21.3 Å². The number of benzene rings is 4. The maximum absolute atomic E-state index is 13.8. The van der Waals surface area contributed by atoms with Crippen molar-refractivity contribution in [2.75, 3.05) is 61.6 Å². The predicted octanol–water partition coefficient (Wildman–Crippen LogP) is 16.3. The van der Waals surface area contributed by atoms with E-state index < -0.39 is 36.2 Å². The molecule has 5 unspecified atom stereocenters. The highest BCUT2D eigenvalue weighted by Gasteiger charge is 2.48. The van der Waals surface area contributed by atoms with Crippen LogP contribution in [0.4, 0.5) is 21.0 Å². The van der Waals surface area contributed by atoms with Gasteiger partial charge in [-0.25, -0.2) is 24.4 Å². The van der Waals surface area contributed by atoms with Crippen molar-refractivity contribution in [3.05, 3.63) is 142 Å². The molecular weight excluding hydrogens is 1500 g/mol. The van der Waals surface area contributed by atoms with Gasteiger partial charge in [0.25, 0.3) is 0 Å². The van der Waals surface area contributed by atoms with Gasteiger partial charge in [-0.05, 0) is 237 Å². The molecule has 0 aliphatic carbocycles. The summed E-state index contributed by atoms with van der Waals surface area (Å²) in [5.41, 5.74) is 23.0. The molecule has 6 fully saturated rings. The zero-order chi connectivity index (χ0) is 81.1. The number of hydrogen-bond acceptors (Lipinski definition) is 19. The fourth-order valence-electron chi connectivity index (χ4n) is 19.9. The number of alkyl carbamates (subject to hydrolysis) is 2. The van der Waals surface area contributed by atoms with Gasteiger partial charge in [0.1, 0.15) is 23.7 Å². The number of carbonyl (C=O) groups excluding carboxylic acids is 5. The summed E-state index contributed by atoms with van der Waals surface area (Å²) in [5.74, 6) is -0.352. The molecule has 116 heavy (non-hydrogen) atoms. The minimum absolute atomic E-state index is 0.00734. The lowest BCUT2D eigenvalue weighted by Crippen LogP contribution is -2.53. The molecule has 4 amide bonds. The van der Waals surface area contributed by atoms with E-state index in [0.717, 1.165) is 104 Å². The van der Waals surface area contributed by atoms with Gasteiger partial charge in [0.2, 0.25) is 11.8 Å². The Balaban J connectivity index is 0.000000162. The quantitative estimate of drug-likeness (QED) is 0.0276. The maximum Gasteiger partial charge on any atom is 0.407 e. The van der Waals surface area contributed by atoms with Crippen molar-refractivity contribution in [3.63, 3.8) is 0 Å². The average Bonchev–Trinajstić information content (AvgIpc) is 1.57. The van der Waals surface area contributed by atoms with E-state index in [4.69, 9.17) is 34.5 Å². The van der Waals surface area contributed by atoms with Gasteiger partial charge in [-0.15, -0.1) is 22.7 Å². The summed E-state index contributed by atoms with van der Waals surface area (Å²) in [4.78, 5) is 114. The molecule has 14 heterocycles. The molecule has 0 spiro atoms. The number of esters is 1. The normalized spacial score (nSPS) is 22.8. The van der Waals surface area contributed by atoms with E-state index in [1.165, 1.54) is 135 Å². The molecule has 8 aromatic rings. The Labute approximate surface area is 686 Å². The average molecular weight is 1610 g/mol. The maximum atomic E-state index is 13.8. The number of nitrogens with one attached hydrogen (secondary N) is 6. The number of carboxylic acids is 1. The van der Waals surface area contributed by atoms with Crippen LogP contribution in [0.1, 0.15) is 206 Å². The van der Waals surface area contributed by atoms with Crippen molar-refractivity contribution >= 4 is 81.4 Å². The van der Waals surface area contributed by atoms with Crippen LogP contribution in [0.3, 0.4) is 0 Å². The van der Waals surface area contributed by atoms with Crippen molar-refractivity contribution < 1.29 is 48.1 Å². The second-order valence-electron chi connectivity index (χ2n) is 33.8. The number of nitrogens with zero attached hydrogens (tertiary/aromatic N) is 8. The highest BCUT2D eigenvalue weighted by atomic mass is 32.1. The van der Waals surface area contributed by atoms with Crippen molar-refractivity contribution in [2.45, 2.75) is 198 Å². The van der Waals surface area contributed by atoms with Gasteiger partial charge < -0.3 is 60.4 Å². The lowest BCUT2D eigenvalue weighted by Gasteiger charge is -2.30. The number of thiophene rings is 2. The first kappa shape index (κ1) is 80.1. The largest absolute Gasteiger partial charge is 0.480 e. The molecule has 4 aromatic carbocycles. The number of hydrogen-bond donors (Lipinski definition) is 7. The van der Waals surface area contributed by atoms with Gasteiger partial charge in [-0.1, -0.05) is 77.9 Å². The number of aliphatic imine (C=N–C) groups is 2. The topological polar surface area (TPSA) is 293 Å². The number of rotatable bonds is 20. The number of methoxy groups -OCH3 is 3. The van der Waals surface area contributed by atoms with E-state index in [-0.39, 0.29) is 54.0 Å². The third-order valence-corrected chi connectivity index (χ3v) is 28.3. The van der Waals surface area contributed by atoms with E-state index in [9.17, 15) is 28.8 Å². The number of fused-ring (bicyclic) bond motifs is 12.